The van der Waals surface area contributed by atoms with E-state index in [0.29, 0.717) is 29.6 Å². The minimum Gasteiger partial charge on any atom is -0.353 e. The monoisotopic (exact) mass is 336 g/mol. The minimum absolute atomic E-state index is 0.0314. The highest BCUT2D eigenvalue weighted by molar-refractivity contribution is 6.30. The number of benzene rings is 1. The number of hydrogen-bond acceptors (Lipinski definition) is 2. The molecule has 126 valence electrons. The Morgan fingerprint density at radius 2 is 1.87 bits per heavy atom. The van der Waals surface area contributed by atoms with Crippen LogP contribution in [-0.2, 0) is 4.79 Å². The number of piperidine rings is 1. The highest BCUT2D eigenvalue weighted by atomic mass is 35.5. The molecule has 1 fully saturated rings. The molecule has 2 atom stereocenters. The van der Waals surface area contributed by atoms with Gasteiger partial charge in [0.15, 0.2) is 0 Å². The van der Waals surface area contributed by atoms with E-state index in [4.69, 9.17) is 11.6 Å². The summed E-state index contributed by atoms with van der Waals surface area (Å²) in [5, 5.41) is 3.67. The number of nitrogens with one attached hydrogen (secondary N) is 1. The third-order valence-electron chi connectivity index (χ3n) is 4.54. The zero-order chi connectivity index (χ0) is 17.0. The molecule has 1 aliphatic rings. The first-order valence-corrected chi connectivity index (χ1v) is 8.61. The first kappa shape index (κ1) is 17.8. The Bertz CT molecular complexity index is 557. The lowest BCUT2D eigenvalue weighted by atomic mass is 9.95. The molecule has 0 spiro atoms. The Kier molecular flexibility index (Phi) is 6.05. The molecule has 1 heterocycles. The second-order valence-electron chi connectivity index (χ2n) is 6.64. The molecule has 0 bridgehead atoms. The van der Waals surface area contributed by atoms with Crippen molar-refractivity contribution in [3.8, 4) is 0 Å². The first-order valence-electron chi connectivity index (χ1n) is 8.23. The Morgan fingerprint density at radius 1 is 1.22 bits per heavy atom. The van der Waals surface area contributed by atoms with E-state index in [1.807, 2.05) is 6.92 Å². The van der Waals surface area contributed by atoms with Gasteiger partial charge in [0.05, 0.1) is 5.92 Å². The molecule has 23 heavy (non-hydrogen) atoms. The zero-order valence-corrected chi connectivity index (χ0v) is 14.8. The molecule has 1 aromatic rings. The maximum absolute atomic E-state index is 12.6. The number of hydrogen-bond donors (Lipinski definition) is 1. The van der Waals surface area contributed by atoms with Gasteiger partial charge in [0, 0.05) is 29.7 Å². The molecular weight excluding hydrogens is 312 g/mol. The van der Waals surface area contributed by atoms with Crippen molar-refractivity contribution in [3.63, 3.8) is 0 Å². The number of rotatable bonds is 4. The zero-order valence-electron chi connectivity index (χ0n) is 14.0. The fourth-order valence-corrected chi connectivity index (χ4v) is 2.79. The van der Waals surface area contributed by atoms with E-state index in [0.717, 1.165) is 12.8 Å². The maximum atomic E-state index is 12.6. The average molecular weight is 337 g/mol. The van der Waals surface area contributed by atoms with Crippen LogP contribution in [0.15, 0.2) is 24.3 Å². The van der Waals surface area contributed by atoms with Crippen LogP contribution in [0.25, 0.3) is 0 Å². The van der Waals surface area contributed by atoms with Gasteiger partial charge >= 0.3 is 0 Å². The third kappa shape index (κ3) is 4.71. The quantitative estimate of drug-likeness (QED) is 0.916. The van der Waals surface area contributed by atoms with Crippen LogP contribution >= 0.6 is 11.6 Å². The van der Waals surface area contributed by atoms with Crippen LogP contribution in [0.4, 0.5) is 0 Å². The van der Waals surface area contributed by atoms with E-state index in [9.17, 15) is 9.59 Å². The molecule has 2 rings (SSSR count). The highest BCUT2D eigenvalue weighted by Crippen LogP contribution is 2.20. The predicted molar refractivity (Wildman–Crippen MR) is 92.5 cm³/mol. The summed E-state index contributed by atoms with van der Waals surface area (Å²) >= 11 is 5.86. The predicted octanol–water partition coefficient (Wildman–Crippen LogP) is 3.35. The topological polar surface area (TPSA) is 49.4 Å². The minimum atomic E-state index is -0.124. The molecule has 0 saturated carbocycles. The van der Waals surface area contributed by atoms with Crippen molar-refractivity contribution in [2.75, 3.05) is 13.1 Å². The summed E-state index contributed by atoms with van der Waals surface area (Å²) in [5.74, 6) is 0.298. The van der Waals surface area contributed by atoms with Crippen molar-refractivity contribution in [1.29, 1.82) is 0 Å². The van der Waals surface area contributed by atoms with Gasteiger partial charge in [-0.3, -0.25) is 9.59 Å². The van der Waals surface area contributed by atoms with Crippen LogP contribution < -0.4 is 5.32 Å². The van der Waals surface area contributed by atoms with Gasteiger partial charge in [0.25, 0.3) is 5.91 Å². The van der Waals surface area contributed by atoms with Crippen LogP contribution in [0.1, 0.15) is 44.0 Å². The smallest absolute Gasteiger partial charge is 0.253 e. The fourth-order valence-electron chi connectivity index (χ4n) is 2.66. The van der Waals surface area contributed by atoms with Gasteiger partial charge in [-0.1, -0.05) is 25.4 Å². The van der Waals surface area contributed by atoms with E-state index >= 15 is 0 Å². The summed E-state index contributed by atoms with van der Waals surface area (Å²) in [6, 6.07) is 7.04. The van der Waals surface area contributed by atoms with Gasteiger partial charge in [0.2, 0.25) is 5.91 Å². The Morgan fingerprint density at radius 3 is 2.48 bits per heavy atom. The molecular formula is C18H25ClN2O2. The second kappa shape index (κ2) is 7.82. The van der Waals surface area contributed by atoms with Gasteiger partial charge < -0.3 is 10.2 Å². The summed E-state index contributed by atoms with van der Waals surface area (Å²) in [6.07, 6.45) is 1.69. The van der Waals surface area contributed by atoms with Crippen LogP contribution in [-0.4, -0.2) is 35.8 Å². The Hall–Kier alpha value is -1.55. The van der Waals surface area contributed by atoms with Crippen LogP contribution in [0.3, 0.4) is 0 Å². The molecule has 2 unspecified atom stereocenters. The molecule has 1 N–H and O–H groups in total. The molecule has 1 aliphatic heterocycles. The lowest BCUT2D eigenvalue weighted by Gasteiger charge is -2.33. The van der Waals surface area contributed by atoms with Gasteiger partial charge in [-0.2, -0.15) is 0 Å². The molecule has 5 heteroatoms. The molecule has 0 radical (unpaired) electrons. The van der Waals surface area contributed by atoms with Gasteiger partial charge in [-0.05, 0) is 49.9 Å². The molecule has 2 amide bonds. The van der Waals surface area contributed by atoms with Crippen LogP contribution in [0.2, 0.25) is 5.02 Å². The average Bonchev–Trinajstić information content (AvgIpc) is 2.54. The van der Waals surface area contributed by atoms with Crippen molar-refractivity contribution in [3.05, 3.63) is 34.9 Å². The molecule has 1 saturated heterocycles. The number of halogens is 1. The second-order valence-corrected chi connectivity index (χ2v) is 7.07. The van der Waals surface area contributed by atoms with Gasteiger partial charge in [-0.25, -0.2) is 0 Å². The highest BCUT2D eigenvalue weighted by Gasteiger charge is 2.29. The summed E-state index contributed by atoms with van der Waals surface area (Å²) in [5.41, 5.74) is 0.617. The van der Waals surface area contributed by atoms with E-state index in [1.165, 1.54) is 0 Å². The number of carbonyl (C=O) groups is 2. The Labute approximate surface area is 143 Å². The van der Waals surface area contributed by atoms with E-state index in [-0.39, 0.29) is 23.8 Å². The van der Waals surface area contributed by atoms with Crippen molar-refractivity contribution >= 4 is 23.4 Å². The van der Waals surface area contributed by atoms with Gasteiger partial charge in [0.1, 0.15) is 0 Å². The van der Waals surface area contributed by atoms with E-state index in [2.05, 4.69) is 19.2 Å². The van der Waals surface area contributed by atoms with E-state index in [1.54, 1.807) is 29.2 Å². The number of amides is 2. The largest absolute Gasteiger partial charge is 0.353 e. The van der Waals surface area contributed by atoms with Crippen molar-refractivity contribution in [1.82, 2.24) is 10.2 Å². The Balaban J connectivity index is 1.98. The fraction of sp³-hybridized carbons (Fsp3) is 0.556. The lowest BCUT2D eigenvalue weighted by Crippen LogP contribution is -2.48. The summed E-state index contributed by atoms with van der Waals surface area (Å²) in [6.45, 7) is 7.37. The molecule has 0 aliphatic carbocycles. The number of nitrogens with zero attached hydrogens (tertiary/aromatic N) is 1. The summed E-state index contributed by atoms with van der Waals surface area (Å²) in [7, 11) is 0. The number of carbonyl (C=O) groups excluding carboxylic acids is 2. The molecule has 0 aromatic heterocycles. The maximum Gasteiger partial charge on any atom is 0.253 e. The molecule has 4 nitrogen and oxygen atoms in total. The van der Waals surface area contributed by atoms with Crippen LogP contribution in [0.5, 0.6) is 0 Å². The van der Waals surface area contributed by atoms with Crippen molar-refractivity contribution in [2.24, 2.45) is 11.8 Å². The normalized spacial score (nSPS) is 19.5. The van der Waals surface area contributed by atoms with Gasteiger partial charge in [-0.15, -0.1) is 0 Å². The SMILES string of the molecule is CC(C)C(C)NC(=O)C1CCCN(C(=O)c2ccc(Cl)cc2)C1. The summed E-state index contributed by atoms with van der Waals surface area (Å²) < 4.78 is 0. The molecule has 1 aromatic carbocycles. The lowest BCUT2D eigenvalue weighted by molar-refractivity contribution is -0.127. The van der Waals surface area contributed by atoms with Crippen molar-refractivity contribution < 1.29 is 9.59 Å². The van der Waals surface area contributed by atoms with Crippen molar-refractivity contribution in [2.45, 2.75) is 39.7 Å². The van der Waals surface area contributed by atoms with Crippen LogP contribution in [0, 0.1) is 11.8 Å². The third-order valence-corrected chi connectivity index (χ3v) is 4.79. The first-order chi connectivity index (χ1) is 10.9. The summed E-state index contributed by atoms with van der Waals surface area (Å²) in [4.78, 5) is 26.7. The van der Waals surface area contributed by atoms with E-state index < -0.39 is 0 Å². The number of likely N-dealkylation sites (tertiary alicyclic amines) is 1. The standard InChI is InChI=1S/C18H25ClN2O2/c1-12(2)13(3)20-17(22)15-5-4-10-21(11-15)18(23)14-6-8-16(19)9-7-14/h6-9,12-13,15H,4-5,10-11H2,1-3H3,(H,20,22).